The van der Waals surface area contributed by atoms with E-state index in [1.54, 1.807) is 0 Å². The molecule has 1 saturated carbocycles. The number of hydrogen-bond donors (Lipinski definition) is 1. The molecule has 0 bridgehead atoms. The molecule has 4 atom stereocenters. The zero-order valence-corrected chi connectivity index (χ0v) is 8.79. The van der Waals surface area contributed by atoms with Crippen molar-refractivity contribution >= 4 is 5.97 Å². The summed E-state index contributed by atoms with van der Waals surface area (Å²) in [5.41, 5.74) is 5.67. The molecule has 2 N–H and O–H groups in total. The molecule has 88 valence electrons. The van der Waals surface area contributed by atoms with Crippen molar-refractivity contribution in [2.45, 2.75) is 44.6 Å². The van der Waals surface area contributed by atoms with Gasteiger partial charge in [0.15, 0.2) is 0 Å². The number of ether oxygens (including phenoxy) is 1. The normalized spacial score (nSPS) is 32.7. The number of carbonyl (C=O) groups is 1. The van der Waals surface area contributed by atoms with Crippen LogP contribution in [-0.2, 0) is 9.53 Å². The van der Waals surface area contributed by atoms with E-state index in [1.165, 1.54) is 6.92 Å². The van der Waals surface area contributed by atoms with Gasteiger partial charge in [0.1, 0.15) is 19.0 Å². The van der Waals surface area contributed by atoms with Crippen LogP contribution in [0.3, 0.4) is 0 Å². The van der Waals surface area contributed by atoms with E-state index in [0.29, 0.717) is 6.42 Å². The quantitative estimate of drug-likeness (QED) is 0.729. The minimum Gasteiger partial charge on any atom is -0.464 e. The third-order valence-corrected chi connectivity index (χ3v) is 2.65. The van der Waals surface area contributed by atoms with Gasteiger partial charge in [-0.3, -0.25) is 4.79 Å². The molecule has 0 amide bonds. The summed E-state index contributed by atoms with van der Waals surface area (Å²) in [5, 5.41) is 0. The van der Waals surface area contributed by atoms with Crippen molar-refractivity contribution in [1.29, 1.82) is 0 Å². The predicted octanol–water partition coefficient (Wildman–Crippen LogP) is 1.35. The molecule has 1 fully saturated rings. The van der Waals surface area contributed by atoms with E-state index in [9.17, 15) is 13.6 Å². The van der Waals surface area contributed by atoms with Crippen molar-refractivity contribution in [1.82, 2.24) is 0 Å². The fourth-order valence-electron chi connectivity index (χ4n) is 1.94. The van der Waals surface area contributed by atoms with Crippen LogP contribution in [0.5, 0.6) is 0 Å². The highest BCUT2D eigenvalue weighted by atomic mass is 19.2. The molecule has 0 aromatic heterocycles. The predicted molar refractivity (Wildman–Crippen MR) is 51.7 cm³/mol. The monoisotopic (exact) mass is 221 g/mol. The van der Waals surface area contributed by atoms with Crippen LogP contribution in [0.25, 0.3) is 0 Å². The highest BCUT2D eigenvalue weighted by Crippen LogP contribution is 2.33. The Bertz CT molecular complexity index is 215. The van der Waals surface area contributed by atoms with E-state index in [2.05, 4.69) is 0 Å². The van der Waals surface area contributed by atoms with Crippen LogP contribution in [0.15, 0.2) is 0 Å². The SMILES string of the molecule is CC(=O)OC[C@@H](N)C[C@H]1C[C@@H](F)[C@@H](F)C1. The molecule has 0 aromatic rings. The molecule has 3 nitrogen and oxygen atoms in total. The number of alkyl halides is 2. The Hall–Kier alpha value is -0.710. The van der Waals surface area contributed by atoms with Crippen LogP contribution in [-0.4, -0.2) is 31.0 Å². The zero-order valence-electron chi connectivity index (χ0n) is 8.79. The lowest BCUT2D eigenvalue weighted by Crippen LogP contribution is -2.29. The fraction of sp³-hybridized carbons (Fsp3) is 0.900. The first-order valence-corrected chi connectivity index (χ1v) is 5.16. The van der Waals surface area contributed by atoms with Gasteiger partial charge in [0.05, 0.1) is 0 Å². The Morgan fingerprint density at radius 1 is 1.47 bits per heavy atom. The van der Waals surface area contributed by atoms with E-state index < -0.39 is 12.3 Å². The highest BCUT2D eigenvalue weighted by Gasteiger charge is 2.35. The number of carbonyl (C=O) groups excluding carboxylic acids is 1. The van der Waals surface area contributed by atoms with E-state index in [4.69, 9.17) is 10.5 Å². The second kappa shape index (κ2) is 5.39. The summed E-state index contributed by atoms with van der Waals surface area (Å²) >= 11 is 0. The fourth-order valence-corrected chi connectivity index (χ4v) is 1.94. The number of rotatable bonds is 4. The Labute approximate surface area is 88.0 Å². The molecule has 1 aliphatic carbocycles. The maximum absolute atomic E-state index is 12.8. The topological polar surface area (TPSA) is 52.3 Å². The van der Waals surface area contributed by atoms with Gasteiger partial charge < -0.3 is 10.5 Å². The van der Waals surface area contributed by atoms with Gasteiger partial charge in [-0.1, -0.05) is 0 Å². The highest BCUT2D eigenvalue weighted by molar-refractivity contribution is 5.65. The third kappa shape index (κ3) is 4.11. The summed E-state index contributed by atoms with van der Waals surface area (Å²) in [6.45, 7) is 1.43. The van der Waals surface area contributed by atoms with Crippen molar-refractivity contribution in [3.05, 3.63) is 0 Å². The number of nitrogens with two attached hydrogens (primary N) is 1. The average molecular weight is 221 g/mol. The molecular formula is C10H17F2NO2. The maximum Gasteiger partial charge on any atom is 0.302 e. The first-order chi connectivity index (χ1) is 6.99. The molecule has 1 rings (SSSR count). The summed E-state index contributed by atoms with van der Waals surface area (Å²) in [4.78, 5) is 10.5. The lowest BCUT2D eigenvalue weighted by molar-refractivity contribution is -0.141. The molecule has 0 spiro atoms. The average Bonchev–Trinajstić information content (AvgIpc) is 2.42. The van der Waals surface area contributed by atoms with E-state index in [-0.39, 0.29) is 37.4 Å². The second-order valence-corrected chi connectivity index (χ2v) is 4.17. The van der Waals surface area contributed by atoms with Crippen LogP contribution in [0, 0.1) is 5.92 Å². The van der Waals surface area contributed by atoms with Crippen molar-refractivity contribution in [3.8, 4) is 0 Å². The first kappa shape index (κ1) is 12.4. The zero-order chi connectivity index (χ0) is 11.4. The minimum absolute atomic E-state index is 0.0273. The van der Waals surface area contributed by atoms with Gasteiger partial charge in [-0.25, -0.2) is 8.78 Å². The van der Waals surface area contributed by atoms with Crippen LogP contribution >= 0.6 is 0 Å². The number of esters is 1. The lowest BCUT2D eigenvalue weighted by Gasteiger charge is -2.15. The Morgan fingerprint density at radius 2 is 2.00 bits per heavy atom. The molecule has 1 aliphatic rings. The van der Waals surface area contributed by atoms with Gasteiger partial charge in [-0.15, -0.1) is 0 Å². The summed E-state index contributed by atoms with van der Waals surface area (Å²) < 4.78 is 30.4. The Kier molecular flexibility index (Phi) is 4.45. The van der Waals surface area contributed by atoms with Crippen molar-refractivity contribution < 1.29 is 18.3 Å². The molecule has 0 unspecified atom stereocenters. The summed E-state index contributed by atoms with van der Waals surface area (Å²) in [5.74, 6) is -0.413. The largest absolute Gasteiger partial charge is 0.464 e. The van der Waals surface area contributed by atoms with Gasteiger partial charge in [0.25, 0.3) is 0 Å². The Balaban J connectivity index is 2.21. The molecule has 15 heavy (non-hydrogen) atoms. The molecule has 0 aliphatic heterocycles. The van der Waals surface area contributed by atoms with Gasteiger partial charge in [-0.2, -0.15) is 0 Å². The number of halogens is 2. The maximum atomic E-state index is 12.8. The minimum atomic E-state index is -1.35. The summed E-state index contributed by atoms with van der Waals surface area (Å²) in [6.07, 6.45) is -1.73. The van der Waals surface area contributed by atoms with Gasteiger partial charge in [0.2, 0.25) is 0 Å². The lowest BCUT2D eigenvalue weighted by atomic mass is 9.99. The molecular weight excluding hydrogens is 204 g/mol. The van der Waals surface area contributed by atoms with Crippen LogP contribution in [0.2, 0.25) is 0 Å². The van der Waals surface area contributed by atoms with E-state index in [1.807, 2.05) is 0 Å². The van der Waals surface area contributed by atoms with Crippen LogP contribution < -0.4 is 5.73 Å². The van der Waals surface area contributed by atoms with Gasteiger partial charge in [-0.05, 0) is 25.2 Å². The standard InChI is InChI=1S/C10H17F2NO2/c1-6(14)15-5-8(13)2-7-3-9(11)10(12)4-7/h7-10H,2-5,13H2,1H3/t7-,8-,9+,10-/m0/s1. The first-order valence-electron chi connectivity index (χ1n) is 5.16. The van der Waals surface area contributed by atoms with E-state index >= 15 is 0 Å². The second-order valence-electron chi connectivity index (χ2n) is 4.17. The molecule has 0 saturated heterocycles. The van der Waals surface area contributed by atoms with Crippen molar-refractivity contribution in [2.24, 2.45) is 11.7 Å². The van der Waals surface area contributed by atoms with Crippen molar-refractivity contribution in [3.63, 3.8) is 0 Å². The molecule has 0 heterocycles. The van der Waals surface area contributed by atoms with Crippen molar-refractivity contribution in [2.75, 3.05) is 6.61 Å². The van der Waals surface area contributed by atoms with Crippen LogP contribution in [0.1, 0.15) is 26.2 Å². The van der Waals surface area contributed by atoms with Gasteiger partial charge >= 0.3 is 5.97 Å². The van der Waals surface area contributed by atoms with Gasteiger partial charge in [0, 0.05) is 13.0 Å². The summed E-state index contributed by atoms with van der Waals surface area (Å²) in [6, 6.07) is -0.323. The third-order valence-electron chi connectivity index (χ3n) is 2.65. The molecule has 5 heteroatoms. The smallest absolute Gasteiger partial charge is 0.302 e. The van der Waals surface area contributed by atoms with Crippen LogP contribution in [0.4, 0.5) is 8.78 Å². The number of hydrogen-bond acceptors (Lipinski definition) is 3. The molecule has 0 radical (unpaired) electrons. The Morgan fingerprint density at radius 3 is 2.47 bits per heavy atom. The van der Waals surface area contributed by atoms with E-state index in [0.717, 1.165) is 0 Å². The summed E-state index contributed by atoms with van der Waals surface area (Å²) in [7, 11) is 0. The molecule has 0 aromatic carbocycles.